The van der Waals surface area contributed by atoms with E-state index in [0.29, 0.717) is 12.0 Å². The number of nitrogens with zero attached hydrogens (tertiary/aromatic N) is 2. The van der Waals surface area contributed by atoms with Crippen molar-refractivity contribution in [3.63, 3.8) is 0 Å². The van der Waals surface area contributed by atoms with Crippen molar-refractivity contribution in [2.45, 2.75) is 33.2 Å². The molecule has 1 aliphatic rings. The highest BCUT2D eigenvalue weighted by molar-refractivity contribution is 5.46. The molecule has 0 amide bonds. The monoisotopic (exact) mass is 289 g/mol. The number of anilines is 1. The number of piperazine rings is 1. The molecule has 118 valence electrons. The molecule has 1 fully saturated rings. The first-order valence-electron chi connectivity index (χ1n) is 8.47. The molecule has 1 N–H and O–H groups in total. The number of nitrogens with one attached hydrogen (secondary N) is 1. The van der Waals surface area contributed by atoms with Gasteiger partial charge in [0.2, 0.25) is 0 Å². The first kappa shape index (κ1) is 16.3. The Morgan fingerprint density at radius 1 is 1.05 bits per heavy atom. The van der Waals surface area contributed by atoms with Gasteiger partial charge in [0.05, 0.1) is 0 Å². The van der Waals surface area contributed by atoms with E-state index >= 15 is 0 Å². The van der Waals surface area contributed by atoms with Crippen molar-refractivity contribution in [1.29, 1.82) is 0 Å². The Kier molecular flexibility index (Phi) is 6.52. The van der Waals surface area contributed by atoms with Gasteiger partial charge in [-0.2, -0.15) is 0 Å². The summed E-state index contributed by atoms with van der Waals surface area (Å²) in [6.45, 7) is 13.8. The summed E-state index contributed by atoms with van der Waals surface area (Å²) < 4.78 is 0. The minimum atomic E-state index is 0.662. The van der Waals surface area contributed by atoms with E-state index in [1.807, 2.05) is 0 Å². The smallest absolute Gasteiger partial charge is 0.0367 e. The maximum absolute atomic E-state index is 3.60. The Balaban J connectivity index is 1.86. The van der Waals surface area contributed by atoms with E-state index in [2.05, 4.69) is 66.2 Å². The van der Waals surface area contributed by atoms with Crippen LogP contribution < -0.4 is 10.2 Å². The van der Waals surface area contributed by atoms with Gasteiger partial charge in [0.15, 0.2) is 0 Å². The molecule has 1 aromatic rings. The van der Waals surface area contributed by atoms with Gasteiger partial charge in [-0.05, 0) is 31.0 Å². The summed E-state index contributed by atoms with van der Waals surface area (Å²) in [6.07, 6.45) is 1.21. The number of rotatable bonds is 7. The van der Waals surface area contributed by atoms with Gasteiger partial charge in [0.1, 0.15) is 0 Å². The fraction of sp³-hybridized carbons (Fsp3) is 0.667. The molecule has 1 heterocycles. The standard InChI is InChI=1S/C18H31N3/c1-4-10-19-15-18(16(2)3)21-13-11-20(12-14-21)17-8-6-5-7-9-17/h5-9,16,18-19H,4,10-15H2,1-3H3. The Morgan fingerprint density at radius 2 is 1.71 bits per heavy atom. The molecular formula is C18H31N3. The second-order valence-corrected chi connectivity index (χ2v) is 6.37. The van der Waals surface area contributed by atoms with Gasteiger partial charge < -0.3 is 10.2 Å². The SMILES string of the molecule is CCCNCC(C(C)C)N1CCN(c2ccccc2)CC1. The Labute approximate surface area is 130 Å². The molecule has 0 spiro atoms. The highest BCUT2D eigenvalue weighted by Crippen LogP contribution is 2.18. The lowest BCUT2D eigenvalue weighted by molar-refractivity contribution is 0.143. The zero-order valence-corrected chi connectivity index (χ0v) is 13.9. The zero-order chi connectivity index (χ0) is 15.1. The molecule has 1 aliphatic heterocycles. The first-order valence-corrected chi connectivity index (χ1v) is 8.47. The van der Waals surface area contributed by atoms with Crippen LogP contribution in [-0.2, 0) is 0 Å². The predicted octanol–water partition coefficient (Wildman–Crippen LogP) is 2.83. The lowest BCUT2D eigenvalue weighted by Gasteiger charge is -2.42. The summed E-state index contributed by atoms with van der Waals surface area (Å²) in [4.78, 5) is 5.18. The van der Waals surface area contributed by atoms with E-state index in [0.717, 1.165) is 26.2 Å². The molecule has 1 atom stereocenters. The highest BCUT2D eigenvalue weighted by Gasteiger charge is 2.25. The minimum Gasteiger partial charge on any atom is -0.369 e. The second kappa shape index (κ2) is 8.40. The van der Waals surface area contributed by atoms with E-state index in [1.165, 1.54) is 25.2 Å². The summed E-state index contributed by atoms with van der Waals surface area (Å²) >= 11 is 0. The summed E-state index contributed by atoms with van der Waals surface area (Å²) in [6, 6.07) is 11.5. The molecule has 1 unspecified atom stereocenters. The molecular weight excluding hydrogens is 258 g/mol. The predicted molar refractivity (Wildman–Crippen MR) is 92.0 cm³/mol. The van der Waals surface area contributed by atoms with Gasteiger partial charge >= 0.3 is 0 Å². The van der Waals surface area contributed by atoms with E-state index in [-0.39, 0.29) is 0 Å². The fourth-order valence-corrected chi connectivity index (χ4v) is 3.16. The molecule has 0 saturated carbocycles. The van der Waals surface area contributed by atoms with Crippen LogP contribution in [0.4, 0.5) is 5.69 Å². The molecule has 3 heteroatoms. The van der Waals surface area contributed by atoms with Crippen LogP contribution in [0.2, 0.25) is 0 Å². The third-order valence-corrected chi connectivity index (χ3v) is 4.45. The number of para-hydroxylation sites is 1. The summed E-state index contributed by atoms with van der Waals surface area (Å²) in [5.74, 6) is 0.706. The van der Waals surface area contributed by atoms with Crippen LogP contribution in [0, 0.1) is 5.92 Å². The molecule has 0 aromatic heterocycles. The van der Waals surface area contributed by atoms with Crippen LogP contribution >= 0.6 is 0 Å². The van der Waals surface area contributed by atoms with E-state index in [4.69, 9.17) is 0 Å². The number of benzene rings is 1. The summed E-state index contributed by atoms with van der Waals surface area (Å²) in [7, 11) is 0. The third kappa shape index (κ3) is 4.72. The van der Waals surface area contributed by atoms with E-state index in [9.17, 15) is 0 Å². The zero-order valence-electron chi connectivity index (χ0n) is 13.9. The number of hydrogen-bond donors (Lipinski definition) is 1. The Bertz CT molecular complexity index is 383. The van der Waals surface area contributed by atoms with Crippen molar-refractivity contribution in [1.82, 2.24) is 10.2 Å². The van der Waals surface area contributed by atoms with Crippen LogP contribution in [-0.4, -0.2) is 50.2 Å². The van der Waals surface area contributed by atoms with E-state index < -0.39 is 0 Å². The van der Waals surface area contributed by atoms with Crippen LogP contribution in [0.1, 0.15) is 27.2 Å². The molecule has 21 heavy (non-hydrogen) atoms. The maximum atomic E-state index is 3.60. The molecule has 0 aliphatic carbocycles. The molecule has 0 radical (unpaired) electrons. The lowest BCUT2D eigenvalue weighted by atomic mass is 10.0. The van der Waals surface area contributed by atoms with Crippen molar-refractivity contribution < 1.29 is 0 Å². The van der Waals surface area contributed by atoms with Crippen LogP contribution in [0.5, 0.6) is 0 Å². The van der Waals surface area contributed by atoms with Gasteiger partial charge in [-0.15, -0.1) is 0 Å². The minimum absolute atomic E-state index is 0.662. The van der Waals surface area contributed by atoms with Crippen molar-refractivity contribution in [2.24, 2.45) is 5.92 Å². The summed E-state index contributed by atoms with van der Waals surface area (Å²) in [5.41, 5.74) is 1.36. The third-order valence-electron chi connectivity index (χ3n) is 4.45. The quantitative estimate of drug-likeness (QED) is 0.779. The van der Waals surface area contributed by atoms with Gasteiger partial charge in [-0.25, -0.2) is 0 Å². The van der Waals surface area contributed by atoms with Crippen molar-refractivity contribution in [3.05, 3.63) is 30.3 Å². The molecule has 1 saturated heterocycles. The molecule has 0 bridgehead atoms. The fourth-order valence-electron chi connectivity index (χ4n) is 3.16. The average Bonchev–Trinajstić information content (AvgIpc) is 2.52. The largest absolute Gasteiger partial charge is 0.369 e. The van der Waals surface area contributed by atoms with Crippen molar-refractivity contribution >= 4 is 5.69 Å². The molecule has 1 aromatic carbocycles. The van der Waals surface area contributed by atoms with Gasteiger partial charge in [0, 0.05) is 44.5 Å². The van der Waals surface area contributed by atoms with Gasteiger partial charge in [-0.1, -0.05) is 39.0 Å². The van der Waals surface area contributed by atoms with Crippen molar-refractivity contribution in [3.8, 4) is 0 Å². The van der Waals surface area contributed by atoms with Crippen LogP contribution in [0.25, 0.3) is 0 Å². The topological polar surface area (TPSA) is 18.5 Å². The van der Waals surface area contributed by atoms with Crippen LogP contribution in [0.15, 0.2) is 30.3 Å². The Morgan fingerprint density at radius 3 is 2.29 bits per heavy atom. The molecule has 3 nitrogen and oxygen atoms in total. The lowest BCUT2D eigenvalue weighted by Crippen LogP contribution is -2.54. The maximum Gasteiger partial charge on any atom is 0.0367 e. The van der Waals surface area contributed by atoms with E-state index in [1.54, 1.807) is 0 Å². The van der Waals surface area contributed by atoms with Crippen molar-refractivity contribution in [2.75, 3.05) is 44.2 Å². The van der Waals surface area contributed by atoms with Gasteiger partial charge in [-0.3, -0.25) is 4.90 Å². The van der Waals surface area contributed by atoms with Gasteiger partial charge in [0.25, 0.3) is 0 Å². The number of hydrogen-bond acceptors (Lipinski definition) is 3. The highest BCUT2D eigenvalue weighted by atomic mass is 15.3. The summed E-state index contributed by atoms with van der Waals surface area (Å²) in [5, 5.41) is 3.60. The average molecular weight is 289 g/mol. The second-order valence-electron chi connectivity index (χ2n) is 6.37. The normalized spacial score (nSPS) is 18.2. The molecule has 2 rings (SSSR count). The first-order chi connectivity index (χ1) is 10.2. The Hall–Kier alpha value is -1.06. The van der Waals surface area contributed by atoms with Crippen LogP contribution in [0.3, 0.4) is 0 Å².